The lowest BCUT2D eigenvalue weighted by Crippen LogP contribution is -2.33. The second-order valence-corrected chi connectivity index (χ2v) is 5.19. The summed E-state index contributed by atoms with van der Waals surface area (Å²) in [5.74, 6) is 0.0944. The molecule has 0 atom stereocenters. The average Bonchev–Trinajstić information content (AvgIpc) is 2.88. The minimum atomic E-state index is 0.0944. The second kappa shape index (κ2) is 5.09. The first kappa shape index (κ1) is 12.9. The van der Waals surface area contributed by atoms with Gasteiger partial charge in [-0.15, -0.1) is 0 Å². The third kappa shape index (κ3) is 2.32. The highest BCUT2D eigenvalue weighted by Crippen LogP contribution is 2.27. The van der Waals surface area contributed by atoms with Crippen molar-refractivity contribution in [3.8, 4) is 5.69 Å². The summed E-state index contributed by atoms with van der Waals surface area (Å²) in [7, 11) is 2.08. The van der Waals surface area contributed by atoms with Gasteiger partial charge < -0.3 is 14.4 Å². The summed E-state index contributed by atoms with van der Waals surface area (Å²) in [6.07, 6.45) is 5.47. The van der Waals surface area contributed by atoms with Crippen molar-refractivity contribution >= 4 is 11.6 Å². The highest BCUT2D eigenvalue weighted by atomic mass is 16.2. The molecule has 5 nitrogen and oxygen atoms in total. The van der Waals surface area contributed by atoms with Crippen LogP contribution in [0.25, 0.3) is 5.69 Å². The fourth-order valence-electron chi connectivity index (χ4n) is 2.62. The second-order valence-electron chi connectivity index (χ2n) is 5.19. The normalized spacial score (nSPS) is 15.8. The Morgan fingerprint density at radius 1 is 1.30 bits per heavy atom. The van der Waals surface area contributed by atoms with E-state index in [4.69, 9.17) is 0 Å². The Morgan fingerprint density at radius 3 is 2.85 bits per heavy atom. The molecular formula is C15H18N4O. The van der Waals surface area contributed by atoms with E-state index in [1.807, 2.05) is 27.8 Å². The molecule has 5 heteroatoms. The number of aromatic nitrogens is 2. The van der Waals surface area contributed by atoms with Gasteiger partial charge in [-0.1, -0.05) is 0 Å². The van der Waals surface area contributed by atoms with Crippen molar-refractivity contribution in [1.29, 1.82) is 0 Å². The van der Waals surface area contributed by atoms with Crippen molar-refractivity contribution in [2.45, 2.75) is 13.5 Å². The molecule has 0 bridgehead atoms. The zero-order valence-electron chi connectivity index (χ0n) is 11.8. The molecule has 1 aromatic heterocycles. The summed E-state index contributed by atoms with van der Waals surface area (Å²) in [6.45, 7) is 4.10. The number of likely N-dealkylation sites (N-methyl/N-ethyl adjacent to an activating group) is 1. The fourth-order valence-corrected chi connectivity index (χ4v) is 2.62. The highest BCUT2D eigenvalue weighted by Gasteiger charge is 2.20. The molecule has 0 fully saturated rings. The molecule has 0 N–H and O–H groups in total. The lowest BCUT2D eigenvalue weighted by Gasteiger charge is -2.21. The SMILES string of the molecule is CC(=O)N1CCN(C)Cc2cc(-n3ccnc3)ccc21. The van der Waals surface area contributed by atoms with E-state index in [1.165, 1.54) is 5.56 Å². The van der Waals surface area contributed by atoms with Crippen molar-refractivity contribution in [2.75, 3.05) is 25.0 Å². The van der Waals surface area contributed by atoms with E-state index in [2.05, 4.69) is 23.0 Å². The number of hydrogen-bond acceptors (Lipinski definition) is 3. The molecule has 0 aliphatic carbocycles. The van der Waals surface area contributed by atoms with Crippen LogP contribution in [0.2, 0.25) is 0 Å². The van der Waals surface area contributed by atoms with Crippen molar-refractivity contribution in [2.24, 2.45) is 0 Å². The maximum atomic E-state index is 11.8. The van der Waals surface area contributed by atoms with Crippen LogP contribution in [0.5, 0.6) is 0 Å². The fraction of sp³-hybridized carbons (Fsp3) is 0.333. The molecule has 0 spiro atoms. The number of carbonyl (C=O) groups excluding carboxylic acids is 1. The predicted octanol–water partition coefficient (Wildman–Crippen LogP) is 1.67. The van der Waals surface area contributed by atoms with Gasteiger partial charge in [0, 0.05) is 50.3 Å². The van der Waals surface area contributed by atoms with Crippen LogP contribution in [-0.2, 0) is 11.3 Å². The average molecular weight is 270 g/mol. The Morgan fingerprint density at radius 2 is 2.15 bits per heavy atom. The van der Waals surface area contributed by atoms with E-state index < -0.39 is 0 Å². The first-order valence-corrected chi connectivity index (χ1v) is 6.73. The first-order valence-electron chi connectivity index (χ1n) is 6.73. The molecule has 1 aliphatic rings. The van der Waals surface area contributed by atoms with Gasteiger partial charge in [-0.3, -0.25) is 4.79 Å². The molecule has 20 heavy (non-hydrogen) atoms. The number of fused-ring (bicyclic) bond motifs is 1. The maximum absolute atomic E-state index is 11.8. The van der Waals surface area contributed by atoms with Gasteiger partial charge in [0.2, 0.25) is 5.91 Å². The largest absolute Gasteiger partial charge is 0.311 e. The van der Waals surface area contributed by atoms with E-state index in [0.29, 0.717) is 0 Å². The molecule has 2 aromatic rings. The third-order valence-corrected chi connectivity index (χ3v) is 3.68. The summed E-state index contributed by atoms with van der Waals surface area (Å²) < 4.78 is 1.98. The van der Waals surface area contributed by atoms with Gasteiger partial charge in [0.15, 0.2) is 0 Å². The van der Waals surface area contributed by atoms with Crippen LogP contribution in [-0.4, -0.2) is 40.5 Å². The Bertz CT molecular complexity index is 621. The number of amides is 1. The zero-order valence-corrected chi connectivity index (χ0v) is 11.8. The molecule has 0 radical (unpaired) electrons. The van der Waals surface area contributed by atoms with Crippen LogP contribution >= 0.6 is 0 Å². The molecule has 0 saturated heterocycles. The monoisotopic (exact) mass is 270 g/mol. The van der Waals surface area contributed by atoms with Crippen LogP contribution in [0.3, 0.4) is 0 Å². The Balaban J connectivity index is 2.06. The van der Waals surface area contributed by atoms with Gasteiger partial charge in [-0.2, -0.15) is 0 Å². The van der Waals surface area contributed by atoms with Gasteiger partial charge >= 0.3 is 0 Å². The summed E-state index contributed by atoms with van der Waals surface area (Å²) in [6, 6.07) is 6.20. The van der Waals surface area contributed by atoms with Crippen molar-refractivity contribution in [3.05, 3.63) is 42.5 Å². The van der Waals surface area contributed by atoms with Crippen molar-refractivity contribution in [1.82, 2.24) is 14.5 Å². The number of anilines is 1. The van der Waals surface area contributed by atoms with Crippen LogP contribution < -0.4 is 4.90 Å². The molecule has 1 aliphatic heterocycles. The first-order chi connectivity index (χ1) is 9.65. The Kier molecular flexibility index (Phi) is 3.28. The lowest BCUT2D eigenvalue weighted by atomic mass is 10.1. The maximum Gasteiger partial charge on any atom is 0.223 e. The van der Waals surface area contributed by atoms with Crippen LogP contribution in [0, 0.1) is 0 Å². The van der Waals surface area contributed by atoms with Gasteiger partial charge in [-0.05, 0) is 30.8 Å². The van der Waals surface area contributed by atoms with Crippen LogP contribution in [0.15, 0.2) is 36.9 Å². The van der Waals surface area contributed by atoms with Crippen molar-refractivity contribution in [3.63, 3.8) is 0 Å². The van der Waals surface area contributed by atoms with E-state index in [-0.39, 0.29) is 5.91 Å². The molecular weight excluding hydrogens is 252 g/mol. The molecule has 0 saturated carbocycles. The standard InChI is InChI=1S/C15H18N4O/c1-12(20)19-8-7-17(2)10-13-9-14(3-4-15(13)19)18-6-5-16-11-18/h3-6,9,11H,7-8,10H2,1-2H3. The van der Waals surface area contributed by atoms with Crippen LogP contribution in [0.4, 0.5) is 5.69 Å². The zero-order chi connectivity index (χ0) is 14.1. The Hall–Kier alpha value is -2.14. The molecule has 1 aromatic carbocycles. The smallest absolute Gasteiger partial charge is 0.223 e. The minimum absolute atomic E-state index is 0.0944. The lowest BCUT2D eigenvalue weighted by molar-refractivity contribution is -0.116. The molecule has 104 valence electrons. The number of hydrogen-bond donors (Lipinski definition) is 0. The topological polar surface area (TPSA) is 41.4 Å². The van der Waals surface area contributed by atoms with E-state index in [0.717, 1.165) is 31.0 Å². The molecule has 2 heterocycles. The molecule has 0 unspecified atom stereocenters. The van der Waals surface area contributed by atoms with Gasteiger partial charge in [-0.25, -0.2) is 4.98 Å². The summed E-state index contributed by atoms with van der Waals surface area (Å²) in [5, 5.41) is 0. The highest BCUT2D eigenvalue weighted by molar-refractivity contribution is 5.92. The number of rotatable bonds is 1. The van der Waals surface area contributed by atoms with E-state index in [1.54, 1.807) is 19.4 Å². The number of imidazole rings is 1. The third-order valence-electron chi connectivity index (χ3n) is 3.68. The molecule has 1 amide bonds. The van der Waals surface area contributed by atoms with E-state index in [9.17, 15) is 4.79 Å². The van der Waals surface area contributed by atoms with Gasteiger partial charge in [0.05, 0.1) is 6.33 Å². The summed E-state index contributed by atoms with van der Waals surface area (Å²) in [5.41, 5.74) is 3.26. The quantitative estimate of drug-likeness (QED) is 0.791. The number of nitrogens with zero attached hydrogens (tertiary/aromatic N) is 4. The number of benzene rings is 1. The molecule has 3 rings (SSSR count). The van der Waals surface area contributed by atoms with Gasteiger partial charge in [0.1, 0.15) is 0 Å². The van der Waals surface area contributed by atoms with E-state index >= 15 is 0 Å². The summed E-state index contributed by atoms with van der Waals surface area (Å²) in [4.78, 5) is 20.0. The minimum Gasteiger partial charge on any atom is -0.311 e. The van der Waals surface area contributed by atoms with Crippen LogP contribution in [0.1, 0.15) is 12.5 Å². The van der Waals surface area contributed by atoms with Gasteiger partial charge in [0.25, 0.3) is 0 Å². The number of carbonyl (C=O) groups is 1. The Labute approximate surface area is 118 Å². The summed E-state index contributed by atoms with van der Waals surface area (Å²) >= 11 is 0. The predicted molar refractivity (Wildman–Crippen MR) is 77.9 cm³/mol. The van der Waals surface area contributed by atoms with Crippen molar-refractivity contribution < 1.29 is 4.79 Å².